The van der Waals surface area contributed by atoms with Gasteiger partial charge in [0.15, 0.2) is 5.96 Å². The van der Waals surface area contributed by atoms with Crippen LogP contribution in [0.25, 0.3) is 0 Å². The van der Waals surface area contributed by atoms with Crippen LogP contribution in [-0.2, 0) is 12.8 Å². The Balaban J connectivity index is 1.48. The molecule has 8 heteroatoms. The van der Waals surface area contributed by atoms with Crippen LogP contribution >= 0.6 is 15.9 Å². The van der Waals surface area contributed by atoms with E-state index in [9.17, 15) is 9.18 Å². The van der Waals surface area contributed by atoms with E-state index in [2.05, 4.69) is 69.7 Å². The first kappa shape index (κ1) is 29.3. The van der Waals surface area contributed by atoms with Crippen molar-refractivity contribution >= 4 is 27.8 Å². The molecule has 0 aliphatic heterocycles. The molecular formula is C30H36BrFN4O2. The minimum atomic E-state index is -0.505. The minimum Gasteiger partial charge on any atom is -0.496 e. The summed E-state index contributed by atoms with van der Waals surface area (Å²) in [5.41, 5.74) is 2.73. The molecule has 3 aromatic carbocycles. The normalized spacial score (nSPS) is 11.7. The van der Waals surface area contributed by atoms with E-state index in [0.717, 1.165) is 29.4 Å². The highest BCUT2D eigenvalue weighted by molar-refractivity contribution is 9.10. The maximum Gasteiger partial charge on any atom is 0.258 e. The van der Waals surface area contributed by atoms with Crippen LogP contribution in [0.15, 0.2) is 71.2 Å². The first-order chi connectivity index (χ1) is 18.3. The van der Waals surface area contributed by atoms with Crippen molar-refractivity contribution in [2.24, 2.45) is 0 Å². The third kappa shape index (κ3) is 8.39. The van der Waals surface area contributed by atoms with Crippen molar-refractivity contribution in [3.05, 3.63) is 99.3 Å². The molecule has 1 atom stereocenters. The highest BCUT2D eigenvalue weighted by atomic mass is 79.9. The van der Waals surface area contributed by atoms with Crippen molar-refractivity contribution in [3.8, 4) is 5.75 Å². The maximum absolute atomic E-state index is 14.7. The van der Waals surface area contributed by atoms with Crippen LogP contribution in [0.5, 0.6) is 5.75 Å². The molecule has 0 fully saturated rings. The van der Waals surface area contributed by atoms with E-state index in [1.807, 2.05) is 24.3 Å². The van der Waals surface area contributed by atoms with E-state index in [-0.39, 0.29) is 11.5 Å². The fraction of sp³-hybridized carbons (Fsp3) is 0.333. The summed E-state index contributed by atoms with van der Waals surface area (Å²) in [6.07, 6.45) is 2.62. The summed E-state index contributed by atoms with van der Waals surface area (Å²) in [4.78, 5) is 15.2. The quantitative estimate of drug-likeness (QED) is 0.137. The van der Waals surface area contributed by atoms with E-state index < -0.39 is 11.7 Å². The van der Waals surface area contributed by atoms with Gasteiger partial charge in [-0.1, -0.05) is 52.3 Å². The standard InChI is InChI=1S/C30H36BrFN4O2/c1-21(22-10-5-4-6-11-22)36(2)19-8-7-18-34-30(33)35-29(37)26-12-9-13-27(32)25(26)16-14-23-20-24(31)15-17-28(23)38-3/h4-6,9-13,15,17,20-21H,7-8,14,16,18-19H2,1-3H3,(H3,33,34,35,37). The first-order valence-electron chi connectivity index (χ1n) is 12.8. The Morgan fingerprint density at radius 3 is 2.58 bits per heavy atom. The number of nitrogens with one attached hydrogen (secondary N) is 3. The van der Waals surface area contributed by atoms with Gasteiger partial charge in [-0.2, -0.15) is 0 Å². The molecule has 0 saturated heterocycles. The molecular weight excluding hydrogens is 547 g/mol. The zero-order chi connectivity index (χ0) is 27.5. The zero-order valence-corrected chi connectivity index (χ0v) is 23.8. The molecule has 38 heavy (non-hydrogen) atoms. The predicted molar refractivity (Wildman–Crippen MR) is 154 cm³/mol. The van der Waals surface area contributed by atoms with Gasteiger partial charge in [-0.25, -0.2) is 4.39 Å². The van der Waals surface area contributed by atoms with Gasteiger partial charge in [0.25, 0.3) is 5.91 Å². The Bertz CT molecular complexity index is 1220. The Labute approximate surface area is 233 Å². The first-order valence-corrected chi connectivity index (χ1v) is 13.6. The van der Waals surface area contributed by atoms with Gasteiger partial charge in [-0.05, 0) is 87.7 Å². The number of halogens is 2. The van der Waals surface area contributed by atoms with Crippen LogP contribution in [0.1, 0.15) is 52.9 Å². The van der Waals surface area contributed by atoms with Gasteiger partial charge >= 0.3 is 0 Å². The lowest BCUT2D eigenvalue weighted by Crippen LogP contribution is -2.41. The Morgan fingerprint density at radius 1 is 1.08 bits per heavy atom. The van der Waals surface area contributed by atoms with Gasteiger partial charge in [0.2, 0.25) is 0 Å². The average Bonchev–Trinajstić information content (AvgIpc) is 2.92. The molecule has 1 unspecified atom stereocenters. The molecule has 0 aliphatic rings. The highest BCUT2D eigenvalue weighted by Gasteiger charge is 2.17. The lowest BCUT2D eigenvalue weighted by molar-refractivity contribution is 0.0974. The lowest BCUT2D eigenvalue weighted by atomic mass is 9.98. The molecule has 0 saturated carbocycles. The van der Waals surface area contributed by atoms with E-state index in [1.54, 1.807) is 13.2 Å². The number of rotatable bonds is 12. The highest BCUT2D eigenvalue weighted by Crippen LogP contribution is 2.26. The molecule has 0 bridgehead atoms. The molecule has 0 heterocycles. The topological polar surface area (TPSA) is 77.4 Å². The van der Waals surface area contributed by atoms with Crippen molar-refractivity contribution in [1.82, 2.24) is 15.5 Å². The molecule has 0 radical (unpaired) electrons. The van der Waals surface area contributed by atoms with Crippen molar-refractivity contribution in [1.29, 1.82) is 5.41 Å². The summed E-state index contributed by atoms with van der Waals surface area (Å²) < 4.78 is 21.1. The summed E-state index contributed by atoms with van der Waals surface area (Å²) in [7, 11) is 3.70. The molecule has 3 N–H and O–H groups in total. The van der Waals surface area contributed by atoms with Crippen LogP contribution in [-0.4, -0.2) is 44.0 Å². The van der Waals surface area contributed by atoms with E-state index in [0.29, 0.717) is 36.7 Å². The van der Waals surface area contributed by atoms with Gasteiger partial charge in [0.05, 0.1) is 7.11 Å². The number of guanidine groups is 1. The largest absolute Gasteiger partial charge is 0.496 e. The molecule has 3 aromatic rings. The molecule has 0 aromatic heterocycles. The summed E-state index contributed by atoms with van der Waals surface area (Å²) in [5, 5.41) is 13.6. The smallest absolute Gasteiger partial charge is 0.258 e. The summed E-state index contributed by atoms with van der Waals surface area (Å²) in [5.74, 6) is -0.332. The number of hydrogen-bond donors (Lipinski definition) is 3. The van der Waals surface area contributed by atoms with E-state index in [1.165, 1.54) is 17.7 Å². The summed E-state index contributed by atoms with van der Waals surface area (Å²) in [6, 6.07) is 20.8. The van der Waals surface area contributed by atoms with Crippen molar-refractivity contribution in [2.45, 2.75) is 38.6 Å². The number of unbranched alkanes of at least 4 members (excludes halogenated alkanes) is 1. The fourth-order valence-corrected chi connectivity index (χ4v) is 4.74. The fourth-order valence-electron chi connectivity index (χ4n) is 4.33. The molecule has 202 valence electrons. The van der Waals surface area contributed by atoms with Crippen molar-refractivity contribution in [2.75, 3.05) is 27.2 Å². The second kappa shape index (κ2) is 14.6. The van der Waals surface area contributed by atoms with Gasteiger partial charge in [0.1, 0.15) is 11.6 Å². The van der Waals surface area contributed by atoms with E-state index in [4.69, 9.17) is 10.1 Å². The van der Waals surface area contributed by atoms with Gasteiger partial charge in [-0.3, -0.25) is 20.4 Å². The second-order valence-electron chi connectivity index (χ2n) is 9.25. The molecule has 6 nitrogen and oxygen atoms in total. The van der Waals surface area contributed by atoms with Crippen molar-refractivity contribution < 1.29 is 13.9 Å². The number of carbonyl (C=O) groups excluding carboxylic acids is 1. The van der Waals surface area contributed by atoms with Crippen LogP contribution in [0.2, 0.25) is 0 Å². The van der Waals surface area contributed by atoms with Gasteiger partial charge in [-0.15, -0.1) is 0 Å². The van der Waals surface area contributed by atoms with Crippen LogP contribution in [0.3, 0.4) is 0 Å². The Morgan fingerprint density at radius 2 is 1.84 bits per heavy atom. The third-order valence-electron chi connectivity index (χ3n) is 6.67. The van der Waals surface area contributed by atoms with Crippen LogP contribution < -0.4 is 15.4 Å². The number of carbonyl (C=O) groups is 1. The van der Waals surface area contributed by atoms with E-state index >= 15 is 0 Å². The number of aryl methyl sites for hydroxylation is 1. The summed E-state index contributed by atoms with van der Waals surface area (Å²) in [6.45, 7) is 3.67. The molecule has 0 spiro atoms. The molecule has 0 aliphatic carbocycles. The third-order valence-corrected chi connectivity index (χ3v) is 7.16. The van der Waals surface area contributed by atoms with Crippen LogP contribution in [0, 0.1) is 11.2 Å². The molecule has 3 rings (SSSR count). The second-order valence-corrected chi connectivity index (χ2v) is 10.2. The number of hydrogen-bond acceptors (Lipinski definition) is 4. The Hall–Kier alpha value is -3.23. The minimum absolute atomic E-state index is 0.0927. The van der Waals surface area contributed by atoms with Gasteiger partial charge in [0, 0.05) is 28.2 Å². The number of amides is 1. The Kier molecular flexibility index (Phi) is 11.3. The predicted octanol–water partition coefficient (Wildman–Crippen LogP) is 6.11. The van der Waals surface area contributed by atoms with Gasteiger partial charge < -0.3 is 10.1 Å². The molecule has 1 amide bonds. The number of ether oxygens (including phenoxy) is 1. The SMILES string of the molecule is COc1ccc(Br)cc1CCc1c(F)cccc1C(=O)NC(=N)NCCCCN(C)C(C)c1ccccc1. The summed E-state index contributed by atoms with van der Waals surface area (Å²) >= 11 is 3.46. The monoisotopic (exact) mass is 582 g/mol. The number of nitrogens with zero attached hydrogens (tertiary/aromatic N) is 1. The van der Waals surface area contributed by atoms with Crippen molar-refractivity contribution in [3.63, 3.8) is 0 Å². The average molecular weight is 584 g/mol. The zero-order valence-electron chi connectivity index (χ0n) is 22.2. The van der Waals surface area contributed by atoms with Crippen LogP contribution in [0.4, 0.5) is 4.39 Å². The lowest BCUT2D eigenvalue weighted by Gasteiger charge is -2.25. The number of benzene rings is 3. The number of methoxy groups -OCH3 is 1. The maximum atomic E-state index is 14.7.